The first-order valence-corrected chi connectivity index (χ1v) is 24.1. The average molecular weight is 741 g/mol. The van der Waals surface area contributed by atoms with Crippen LogP contribution in [0.1, 0.15) is 95.7 Å². The van der Waals surface area contributed by atoms with Crippen molar-refractivity contribution in [1.29, 1.82) is 0 Å². The van der Waals surface area contributed by atoms with Crippen molar-refractivity contribution in [2.24, 2.45) is 0 Å². The number of hydrogen-bond donors (Lipinski definition) is 0. The summed E-state index contributed by atoms with van der Waals surface area (Å²) < 4.78 is 1.15. The number of benzene rings is 4. The van der Waals surface area contributed by atoms with Crippen LogP contribution in [0.25, 0.3) is 21.5 Å². The van der Waals surface area contributed by atoms with Crippen molar-refractivity contribution in [3.05, 3.63) is 155 Å². The summed E-state index contributed by atoms with van der Waals surface area (Å²) in [5, 5.41) is 5.49. The Bertz CT molecular complexity index is 1820. The Kier molecular flexibility index (Phi) is 12.1. The molecule has 6 aromatic carbocycles. The van der Waals surface area contributed by atoms with Gasteiger partial charge in [-0.15, -0.1) is 39.7 Å². The topological polar surface area (TPSA) is 0 Å². The second kappa shape index (κ2) is 15.3. The molecule has 0 aliphatic heterocycles. The van der Waals surface area contributed by atoms with Crippen molar-refractivity contribution >= 4 is 41.8 Å². The molecule has 0 aliphatic rings. The predicted molar refractivity (Wildman–Crippen MR) is 208 cm³/mol. The Balaban J connectivity index is 0.000000170. The fraction of sp³-hybridized carbons (Fsp3) is 0.295. The minimum absolute atomic E-state index is 0.194. The maximum atomic E-state index is 6.24. The van der Waals surface area contributed by atoms with Crippen molar-refractivity contribution < 1.29 is 18.9 Å². The van der Waals surface area contributed by atoms with Gasteiger partial charge in [0.15, 0.2) is 0 Å². The molecule has 6 aromatic rings. The molecule has 0 saturated heterocycles. The molecule has 0 spiro atoms. The van der Waals surface area contributed by atoms with Crippen molar-refractivity contribution in [1.82, 2.24) is 0 Å². The van der Waals surface area contributed by atoms with Crippen LogP contribution in [-0.2, 0) is 35.1 Å². The first-order valence-electron chi connectivity index (χ1n) is 16.5. The molecule has 0 unspecified atom stereocenters. The van der Waals surface area contributed by atoms with Crippen molar-refractivity contribution in [3.63, 3.8) is 0 Å². The summed E-state index contributed by atoms with van der Waals surface area (Å²) in [6.07, 6.45) is 0. The van der Waals surface area contributed by atoms with Gasteiger partial charge in [-0.05, 0) is 10.8 Å². The molecular weight excluding hydrogens is 691 g/mol. The summed E-state index contributed by atoms with van der Waals surface area (Å²) in [5.74, 6) is 0. The third kappa shape index (κ3) is 9.98. The number of fused-ring (bicyclic) bond motifs is 3. The standard InChI is InChI=1S/C21H25.C13H10.C10H15.2ClH.Zr/c1-20(2,3)16-9-7-14-11-15-8-10-17(21(4,5)6)13-19(15)18(14)12-16;1-3-7-12(8-4-1)11-13-9-5-2-6-10-13;1-8-5-6-9(7-8)10(2,3)4;;;/h7-13H,1-6H3;1-10H;5-7H,1-4H3;2*1H;/q-1;;-1;;;+2/p-2. The van der Waals surface area contributed by atoms with E-state index in [1.807, 2.05) is 36.4 Å². The second-order valence-electron chi connectivity index (χ2n) is 15.5. The zero-order valence-electron chi connectivity index (χ0n) is 29.8. The molecule has 0 N–H and O–H groups in total. The molecule has 6 rings (SSSR count). The fourth-order valence-electron chi connectivity index (χ4n) is 5.56. The van der Waals surface area contributed by atoms with E-state index in [0.717, 1.165) is 14.3 Å². The molecule has 47 heavy (non-hydrogen) atoms. The summed E-state index contributed by atoms with van der Waals surface area (Å²) in [7, 11) is 12.5. The molecule has 0 radical (unpaired) electrons. The molecule has 0 fully saturated rings. The molecule has 0 amide bonds. The van der Waals surface area contributed by atoms with E-state index in [9.17, 15) is 0 Å². The van der Waals surface area contributed by atoms with Gasteiger partial charge in [0.05, 0.1) is 0 Å². The second-order valence-corrected chi connectivity index (χ2v) is 23.7. The summed E-state index contributed by atoms with van der Waals surface area (Å²) in [5.41, 5.74) is 8.61. The van der Waals surface area contributed by atoms with E-state index in [-0.39, 0.29) is 10.8 Å². The number of hydrogen-bond acceptors (Lipinski definition) is 0. The Morgan fingerprint density at radius 1 is 0.532 bits per heavy atom. The zero-order valence-corrected chi connectivity index (χ0v) is 33.8. The minimum atomic E-state index is -2.44. The molecule has 0 bridgehead atoms. The molecule has 3 heteroatoms. The van der Waals surface area contributed by atoms with E-state index in [1.165, 1.54) is 43.8 Å². The SMILES string of the molecule is CC(C)(C)c1ccc2[cH-]c3ccc(C(C)(C)C)cc3c2c1.Cc1cc(C(C)(C)C)c[cH-]1.[Cl][Zr]([Cl])=[C](c1ccccc1)c1ccccc1. The summed E-state index contributed by atoms with van der Waals surface area (Å²) in [4.78, 5) is 0. The maximum absolute atomic E-state index is 6.24. The summed E-state index contributed by atoms with van der Waals surface area (Å²) in [6, 6.07) is 43.1. The van der Waals surface area contributed by atoms with Gasteiger partial charge in [0.25, 0.3) is 0 Å². The van der Waals surface area contributed by atoms with Gasteiger partial charge in [0.2, 0.25) is 0 Å². The van der Waals surface area contributed by atoms with E-state index >= 15 is 0 Å². The van der Waals surface area contributed by atoms with E-state index in [2.05, 4.69) is 154 Å². The predicted octanol–water partition coefficient (Wildman–Crippen LogP) is 13.5. The van der Waals surface area contributed by atoms with E-state index in [0.29, 0.717) is 5.41 Å². The normalized spacial score (nSPS) is 11.8. The molecule has 0 aliphatic carbocycles. The van der Waals surface area contributed by atoms with Crippen LogP contribution < -0.4 is 0 Å². The first kappa shape index (κ1) is 37.3. The van der Waals surface area contributed by atoms with Gasteiger partial charge in [0.1, 0.15) is 0 Å². The molecule has 0 saturated carbocycles. The van der Waals surface area contributed by atoms with Crippen LogP contribution in [0.15, 0.2) is 121 Å². The van der Waals surface area contributed by atoms with Crippen LogP contribution in [0.4, 0.5) is 0 Å². The van der Waals surface area contributed by atoms with Gasteiger partial charge in [-0.3, -0.25) is 0 Å². The van der Waals surface area contributed by atoms with Crippen LogP contribution in [-0.4, -0.2) is 3.21 Å². The van der Waals surface area contributed by atoms with Gasteiger partial charge in [-0.25, -0.2) is 6.07 Å². The molecule has 0 heterocycles. The molecule has 0 nitrogen and oxygen atoms in total. The van der Waals surface area contributed by atoms with Gasteiger partial charge in [-0.2, -0.15) is 23.3 Å². The van der Waals surface area contributed by atoms with Crippen LogP contribution >= 0.6 is 17.0 Å². The molecular formula is C44H50Cl2Zr-2. The number of rotatable bonds is 2. The molecule has 0 aromatic heterocycles. The van der Waals surface area contributed by atoms with Crippen LogP contribution in [0.2, 0.25) is 0 Å². The summed E-state index contributed by atoms with van der Waals surface area (Å²) >= 11 is -2.44. The number of aryl methyl sites for hydroxylation is 1. The Hall–Kier alpha value is -2.57. The van der Waals surface area contributed by atoms with Crippen LogP contribution in [0, 0.1) is 6.92 Å². The monoisotopic (exact) mass is 738 g/mol. The Labute approximate surface area is 298 Å². The third-order valence-electron chi connectivity index (χ3n) is 8.53. The van der Waals surface area contributed by atoms with Gasteiger partial charge < -0.3 is 0 Å². The fourth-order valence-corrected chi connectivity index (χ4v) is 10.0. The van der Waals surface area contributed by atoms with Crippen molar-refractivity contribution in [2.75, 3.05) is 0 Å². The van der Waals surface area contributed by atoms with Gasteiger partial charge in [-0.1, -0.05) is 110 Å². The number of halogens is 2. The van der Waals surface area contributed by atoms with Gasteiger partial charge >= 0.3 is 111 Å². The third-order valence-corrected chi connectivity index (χ3v) is 13.1. The molecule has 0 atom stereocenters. The molecule has 246 valence electrons. The van der Waals surface area contributed by atoms with Crippen molar-refractivity contribution in [2.45, 2.75) is 85.5 Å². The first-order chi connectivity index (χ1) is 21.9. The quantitative estimate of drug-likeness (QED) is 0.155. The average Bonchev–Trinajstić information content (AvgIpc) is 3.61. The van der Waals surface area contributed by atoms with Crippen LogP contribution in [0.3, 0.4) is 0 Å². The van der Waals surface area contributed by atoms with Crippen molar-refractivity contribution in [3.8, 4) is 0 Å². The van der Waals surface area contributed by atoms with Gasteiger partial charge in [0, 0.05) is 0 Å². The van der Waals surface area contributed by atoms with Crippen LogP contribution in [0.5, 0.6) is 0 Å². The summed E-state index contributed by atoms with van der Waals surface area (Å²) in [6.45, 7) is 22.5. The van der Waals surface area contributed by atoms with E-state index in [1.54, 1.807) is 0 Å². The Morgan fingerprint density at radius 3 is 1.23 bits per heavy atom. The zero-order chi connectivity index (χ0) is 34.6. The Morgan fingerprint density at radius 2 is 0.936 bits per heavy atom. The van der Waals surface area contributed by atoms with E-state index in [4.69, 9.17) is 17.0 Å². The van der Waals surface area contributed by atoms with E-state index < -0.39 is 18.9 Å².